The van der Waals surface area contributed by atoms with E-state index in [1.165, 1.54) is 23.7 Å². The molecule has 0 unspecified atom stereocenters. The fourth-order valence-electron chi connectivity index (χ4n) is 3.18. The number of aryl methyl sites for hydroxylation is 1. The van der Waals surface area contributed by atoms with Gasteiger partial charge >= 0.3 is 6.03 Å². The number of nitrogens with one attached hydrogen (secondary N) is 1. The number of urea groups is 1. The first-order chi connectivity index (χ1) is 12.9. The van der Waals surface area contributed by atoms with Gasteiger partial charge in [0.2, 0.25) is 0 Å². The number of carbonyl (C=O) groups excluding carboxylic acids is 1. The zero-order chi connectivity index (χ0) is 19.0. The first-order valence-electron chi connectivity index (χ1n) is 8.54. The van der Waals surface area contributed by atoms with Crippen LogP contribution in [0.15, 0.2) is 30.6 Å². The molecule has 0 radical (unpaired) electrons. The molecule has 9 heteroatoms. The first kappa shape index (κ1) is 18.1. The maximum absolute atomic E-state index is 15.3. The van der Waals surface area contributed by atoms with Gasteiger partial charge in [0.25, 0.3) is 0 Å². The zero-order valence-electron chi connectivity index (χ0n) is 14.6. The molecular formula is C18H17ClFN5OS. The van der Waals surface area contributed by atoms with Gasteiger partial charge in [-0.05, 0) is 24.6 Å². The highest BCUT2D eigenvalue weighted by Crippen LogP contribution is 2.38. The van der Waals surface area contributed by atoms with E-state index in [1.807, 2.05) is 25.1 Å². The van der Waals surface area contributed by atoms with Crippen molar-refractivity contribution in [2.45, 2.75) is 25.4 Å². The number of thiazole rings is 1. The minimum absolute atomic E-state index is 0.0719. The molecule has 1 saturated heterocycles. The van der Waals surface area contributed by atoms with Crippen LogP contribution in [-0.2, 0) is 5.67 Å². The molecule has 0 saturated carbocycles. The Labute approximate surface area is 164 Å². The molecule has 4 rings (SSSR count). The fourth-order valence-corrected chi connectivity index (χ4v) is 4.41. The summed E-state index contributed by atoms with van der Waals surface area (Å²) in [5, 5.41) is 3.43. The number of aromatic nitrogens is 3. The Kier molecular flexibility index (Phi) is 4.69. The van der Waals surface area contributed by atoms with E-state index in [0.29, 0.717) is 5.13 Å². The molecule has 0 bridgehead atoms. The lowest BCUT2D eigenvalue weighted by Gasteiger charge is -2.35. The van der Waals surface area contributed by atoms with Crippen LogP contribution in [0.4, 0.5) is 14.3 Å². The number of hydrogen-bond acceptors (Lipinski definition) is 5. The number of alkyl halides is 1. The third-order valence-electron chi connectivity index (χ3n) is 4.68. The molecule has 1 aromatic carbocycles. The second-order valence-corrected chi connectivity index (χ2v) is 7.96. The van der Waals surface area contributed by atoms with Crippen LogP contribution in [-0.4, -0.2) is 39.0 Å². The number of piperidine rings is 1. The fraction of sp³-hybridized carbons (Fsp3) is 0.333. The number of benzene rings is 1. The second-order valence-electron chi connectivity index (χ2n) is 6.57. The molecule has 1 aliphatic rings. The second kappa shape index (κ2) is 7.01. The summed E-state index contributed by atoms with van der Waals surface area (Å²) in [6.07, 6.45) is 3.10. The predicted octanol–water partition coefficient (Wildman–Crippen LogP) is 4.54. The van der Waals surface area contributed by atoms with Crippen molar-refractivity contribution in [3.05, 3.63) is 47.0 Å². The standard InChI is InChI=1S/C18H17ClFN5OS/c1-11-2-3-12-13(10-11)27-16(23-12)24-17(26)25-8-4-18(20,5-9-25)14-15(19)22-7-6-21-14/h2-3,6-7,10H,4-5,8-9H2,1H3,(H,23,24,26). The molecule has 0 spiro atoms. The molecule has 2 amide bonds. The van der Waals surface area contributed by atoms with Gasteiger partial charge in [-0.2, -0.15) is 0 Å². The number of anilines is 1. The summed E-state index contributed by atoms with van der Waals surface area (Å²) in [5.41, 5.74) is 0.463. The lowest BCUT2D eigenvalue weighted by Crippen LogP contribution is -2.45. The Morgan fingerprint density at radius 3 is 2.78 bits per heavy atom. The van der Waals surface area contributed by atoms with Crippen LogP contribution in [0.3, 0.4) is 0 Å². The van der Waals surface area contributed by atoms with Crippen LogP contribution >= 0.6 is 22.9 Å². The average molecular weight is 406 g/mol. The Hall–Kier alpha value is -2.32. The maximum atomic E-state index is 15.3. The number of nitrogens with zero attached hydrogens (tertiary/aromatic N) is 4. The summed E-state index contributed by atoms with van der Waals surface area (Å²) in [4.78, 5) is 26.5. The van der Waals surface area contributed by atoms with Gasteiger partial charge in [0, 0.05) is 38.3 Å². The quantitative estimate of drug-likeness (QED) is 0.679. The summed E-state index contributed by atoms with van der Waals surface area (Å²) in [5.74, 6) is 0. The van der Waals surface area contributed by atoms with E-state index in [4.69, 9.17) is 11.6 Å². The topological polar surface area (TPSA) is 71.0 Å². The lowest BCUT2D eigenvalue weighted by atomic mass is 9.90. The van der Waals surface area contributed by atoms with Gasteiger partial charge in [-0.3, -0.25) is 10.3 Å². The van der Waals surface area contributed by atoms with E-state index in [1.54, 1.807) is 4.90 Å². The van der Waals surface area contributed by atoms with Gasteiger partial charge < -0.3 is 4.90 Å². The van der Waals surface area contributed by atoms with Crippen molar-refractivity contribution in [3.8, 4) is 0 Å². The molecular weight excluding hydrogens is 389 g/mol. The molecule has 1 N–H and O–H groups in total. The minimum atomic E-state index is -1.67. The zero-order valence-corrected chi connectivity index (χ0v) is 16.1. The van der Waals surface area contributed by atoms with Gasteiger partial charge in [-0.25, -0.2) is 19.2 Å². The van der Waals surface area contributed by atoms with Crippen LogP contribution in [0.1, 0.15) is 24.1 Å². The van der Waals surface area contributed by atoms with Gasteiger partial charge in [-0.15, -0.1) is 0 Å². The number of amides is 2. The molecule has 1 fully saturated rings. The number of rotatable bonds is 2. The van der Waals surface area contributed by atoms with E-state index in [2.05, 4.69) is 20.3 Å². The lowest BCUT2D eigenvalue weighted by molar-refractivity contribution is 0.0681. The van der Waals surface area contributed by atoms with Crippen molar-refractivity contribution < 1.29 is 9.18 Å². The summed E-state index contributed by atoms with van der Waals surface area (Å²) >= 11 is 7.41. The molecule has 2 aromatic heterocycles. The van der Waals surface area contributed by atoms with Crippen molar-refractivity contribution in [2.24, 2.45) is 0 Å². The Morgan fingerprint density at radius 1 is 1.30 bits per heavy atom. The van der Waals surface area contributed by atoms with E-state index < -0.39 is 5.67 Å². The SMILES string of the molecule is Cc1ccc2nc(NC(=O)N3CCC(F)(c4nccnc4Cl)CC3)sc2c1. The molecule has 0 aliphatic carbocycles. The summed E-state index contributed by atoms with van der Waals surface area (Å²) in [6.45, 7) is 2.54. The largest absolute Gasteiger partial charge is 0.324 e. The molecule has 0 atom stereocenters. The van der Waals surface area contributed by atoms with E-state index in [-0.39, 0.29) is 42.8 Å². The Bertz CT molecular complexity index is 1000. The van der Waals surface area contributed by atoms with Crippen LogP contribution in [0.5, 0.6) is 0 Å². The average Bonchev–Trinajstić information content (AvgIpc) is 3.03. The molecule has 27 heavy (non-hydrogen) atoms. The predicted molar refractivity (Wildman–Crippen MR) is 104 cm³/mol. The Balaban J connectivity index is 1.43. The third kappa shape index (κ3) is 3.59. The third-order valence-corrected chi connectivity index (χ3v) is 5.89. The van der Waals surface area contributed by atoms with Crippen molar-refractivity contribution in [3.63, 3.8) is 0 Å². The van der Waals surface area contributed by atoms with Gasteiger partial charge in [0.15, 0.2) is 16.0 Å². The molecule has 3 heterocycles. The summed E-state index contributed by atoms with van der Waals surface area (Å²) in [6, 6.07) is 5.67. The first-order valence-corrected chi connectivity index (χ1v) is 9.73. The molecule has 1 aliphatic heterocycles. The molecule has 140 valence electrons. The van der Waals surface area contributed by atoms with Gasteiger partial charge in [0.1, 0.15) is 5.69 Å². The number of likely N-dealkylation sites (tertiary alicyclic amines) is 1. The van der Waals surface area contributed by atoms with Gasteiger partial charge in [-0.1, -0.05) is 29.0 Å². The highest BCUT2D eigenvalue weighted by molar-refractivity contribution is 7.22. The highest BCUT2D eigenvalue weighted by atomic mass is 35.5. The smallest absolute Gasteiger partial charge is 0.323 e. The number of halogens is 2. The maximum Gasteiger partial charge on any atom is 0.323 e. The van der Waals surface area contributed by atoms with Crippen LogP contribution in [0.2, 0.25) is 5.15 Å². The van der Waals surface area contributed by atoms with E-state index in [9.17, 15) is 4.79 Å². The molecule has 3 aromatic rings. The number of hydrogen-bond donors (Lipinski definition) is 1. The monoisotopic (exact) mass is 405 g/mol. The summed E-state index contributed by atoms with van der Waals surface area (Å²) < 4.78 is 16.3. The Morgan fingerprint density at radius 2 is 2.04 bits per heavy atom. The molecule has 6 nitrogen and oxygen atoms in total. The number of carbonyl (C=O) groups is 1. The minimum Gasteiger partial charge on any atom is -0.324 e. The van der Waals surface area contributed by atoms with Crippen LogP contribution in [0.25, 0.3) is 10.2 Å². The van der Waals surface area contributed by atoms with Crippen LogP contribution < -0.4 is 5.32 Å². The van der Waals surface area contributed by atoms with E-state index >= 15 is 4.39 Å². The van der Waals surface area contributed by atoms with Crippen molar-refractivity contribution in [1.82, 2.24) is 19.9 Å². The number of fused-ring (bicyclic) bond motifs is 1. The normalized spacial score (nSPS) is 16.5. The highest BCUT2D eigenvalue weighted by Gasteiger charge is 2.40. The van der Waals surface area contributed by atoms with Crippen molar-refractivity contribution >= 4 is 44.3 Å². The van der Waals surface area contributed by atoms with E-state index in [0.717, 1.165) is 15.8 Å². The summed E-state index contributed by atoms with van der Waals surface area (Å²) in [7, 11) is 0. The van der Waals surface area contributed by atoms with Crippen molar-refractivity contribution in [2.75, 3.05) is 18.4 Å². The van der Waals surface area contributed by atoms with Crippen LogP contribution in [0, 0.1) is 6.92 Å². The van der Waals surface area contributed by atoms with Crippen molar-refractivity contribution in [1.29, 1.82) is 0 Å². The van der Waals surface area contributed by atoms with Gasteiger partial charge in [0.05, 0.1) is 10.2 Å².